The number of rotatable bonds is 6. The number of hydrazone groups is 1. The van der Waals surface area contributed by atoms with E-state index in [2.05, 4.69) is 15.6 Å². The highest BCUT2D eigenvalue weighted by Crippen LogP contribution is 2.21. The van der Waals surface area contributed by atoms with E-state index in [1.54, 1.807) is 18.3 Å². The smallest absolute Gasteiger partial charge is 0.292 e. The predicted molar refractivity (Wildman–Crippen MR) is 119 cm³/mol. The maximum absolute atomic E-state index is 12.5. The summed E-state index contributed by atoms with van der Waals surface area (Å²) >= 11 is 6.22. The summed E-state index contributed by atoms with van der Waals surface area (Å²) in [4.78, 5) is 12.5. The van der Waals surface area contributed by atoms with Crippen LogP contribution >= 0.6 is 11.6 Å². The van der Waals surface area contributed by atoms with Crippen LogP contribution in [0.5, 0.6) is 11.5 Å². The topological polar surface area (TPSA) is 68.5 Å². The van der Waals surface area contributed by atoms with Crippen molar-refractivity contribution in [3.05, 3.63) is 112 Å². The molecule has 4 aromatic rings. The highest BCUT2D eigenvalue weighted by Gasteiger charge is 2.10. The fraction of sp³-hybridized carbons (Fsp3) is 0. The lowest BCUT2D eigenvalue weighted by atomic mass is 10.2. The highest BCUT2D eigenvalue weighted by atomic mass is 35.5. The number of nitrogens with zero attached hydrogens (tertiary/aromatic N) is 3. The van der Waals surface area contributed by atoms with Crippen molar-refractivity contribution in [1.29, 1.82) is 0 Å². The second-order valence-electron chi connectivity index (χ2n) is 6.28. The fourth-order valence-electron chi connectivity index (χ4n) is 2.72. The Hall–Kier alpha value is -3.90. The zero-order valence-corrected chi connectivity index (χ0v) is 16.5. The van der Waals surface area contributed by atoms with Crippen molar-refractivity contribution in [3.63, 3.8) is 0 Å². The first-order valence-electron chi connectivity index (χ1n) is 9.16. The van der Waals surface area contributed by atoms with Gasteiger partial charge in [0, 0.05) is 0 Å². The molecular formula is C23H17ClN4O2. The molecule has 0 amide bonds. The summed E-state index contributed by atoms with van der Waals surface area (Å²) in [5.74, 6) is 1.44. The molecule has 0 aliphatic rings. The number of hydrogen-bond acceptors (Lipinski definition) is 5. The van der Waals surface area contributed by atoms with Gasteiger partial charge in [-0.25, -0.2) is 0 Å². The minimum Gasteiger partial charge on any atom is -0.457 e. The van der Waals surface area contributed by atoms with E-state index in [-0.39, 0.29) is 5.02 Å². The number of para-hydroxylation sites is 2. The lowest BCUT2D eigenvalue weighted by Gasteiger charge is -2.08. The minimum atomic E-state index is -0.429. The van der Waals surface area contributed by atoms with E-state index in [4.69, 9.17) is 16.3 Å². The van der Waals surface area contributed by atoms with Crippen LogP contribution in [0.4, 0.5) is 5.69 Å². The van der Waals surface area contributed by atoms with E-state index in [0.29, 0.717) is 17.1 Å². The summed E-state index contributed by atoms with van der Waals surface area (Å²) in [7, 11) is 0. The van der Waals surface area contributed by atoms with Gasteiger partial charge in [-0.1, -0.05) is 60.1 Å². The lowest BCUT2D eigenvalue weighted by molar-refractivity contribution is 0.482. The molecule has 0 aliphatic heterocycles. The van der Waals surface area contributed by atoms with Crippen LogP contribution in [0.25, 0.3) is 5.69 Å². The zero-order chi connectivity index (χ0) is 20.8. The van der Waals surface area contributed by atoms with E-state index in [1.807, 2.05) is 72.8 Å². The minimum absolute atomic E-state index is 0.00663. The third-order valence-electron chi connectivity index (χ3n) is 4.16. The third kappa shape index (κ3) is 4.56. The highest BCUT2D eigenvalue weighted by molar-refractivity contribution is 6.32. The number of hydrogen-bond donors (Lipinski definition) is 1. The summed E-state index contributed by atoms with van der Waals surface area (Å²) in [6.07, 6.45) is 3.07. The van der Waals surface area contributed by atoms with Crippen molar-refractivity contribution in [1.82, 2.24) is 9.78 Å². The van der Waals surface area contributed by atoms with Crippen LogP contribution in [0.2, 0.25) is 5.02 Å². The van der Waals surface area contributed by atoms with E-state index in [9.17, 15) is 4.79 Å². The van der Waals surface area contributed by atoms with Crippen LogP contribution in [0.1, 0.15) is 5.56 Å². The molecule has 0 unspecified atom stereocenters. The second-order valence-corrected chi connectivity index (χ2v) is 6.66. The molecule has 0 fully saturated rings. The molecule has 4 rings (SSSR count). The molecule has 6 nitrogen and oxygen atoms in total. The lowest BCUT2D eigenvalue weighted by Crippen LogP contribution is -2.22. The molecule has 0 saturated heterocycles. The number of benzene rings is 3. The summed E-state index contributed by atoms with van der Waals surface area (Å²) in [6.45, 7) is 0. The van der Waals surface area contributed by atoms with Crippen molar-refractivity contribution in [2.24, 2.45) is 5.10 Å². The van der Waals surface area contributed by atoms with E-state index < -0.39 is 5.56 Å². The van der Waals surface area contributed by atoms with E-state index in [1.165, 1.54) is 10.9 Å². The van der Waals surface area contributed by atoms with E-state index in [0.717, 1.165) is 11.3 Å². The van der Waals surface area contributed by atoms with Gasteiger partial charge in [-0.2, -0.15) is 14.9 Å². The van der Waals surface area contributed by atoms with Crippen LogP contribution in [0.3, 0.4) is 0 Å². The molecule has 0 atom stereocenters. The van der Waals surface area contributed by atoms with Crippen molar-refractivity contribution in [3.8, 4) is 17.2 Å². The van der Waals surface area contributed by atoms with Crippen molar-refractivity contribution in [2.45, 2.75) is 0 Å². The van der Waals surface area contributed by atoms with Gasteiger partial charge < -0.3 is 4.74 Å². The SMILES string of the molecule is O=c1c(Cl)c(N/N=C/c2cccc(Oc3ccccc3)c2)cnn1-c1ccccc1. The summed E-state index contributed by atoms with van der Waals surface area (Å²) < 4.78 is 7.05. The summed E-state index contributed by atoms with van der Waals surface area (Å²) in [5, 5.41) is 8.33. The largest absolute Gasteiger partial charge is 0.457 e. The second kappa shape index (κ2) is 9.07. The Kier molecular flexibility index (Phi) is 5.87. The van der Waals surface area contributed by atoms with Crippen LogP contribution in [-0.2, 0) is 0 Å². The summed E-state index contributed by atoms with van der Waals surface area (Å²) in [5.41, 5.74) is 4.11. The molecule has 0 spiro atoms. The third-order valence-corrected chi connectivity index (χ3v) is 4.52. The molecule has 3 aromatic carbocycles. The molecular weight excluding hydrogens is 400 g/mol. The number of aromatic nitrogens is 2. The maximum Gasteiger partial charge on any atom is 0.292 e. The van der Waals surface area contributed by atoms with E-state index >= 15 is 0 Å². The van der Waals surface area contributed by atoms with Crippen molar-refractivity contribution in [2.75, 3.05) is 5.43 Å². The van der Waals surface area contributed by atoms with Crippen LogP contribution < -0.4 is 15.7 Å². The standard InChI is InChI=1S/C23H17ClN4O2/c24-22-21(16-26-28(23(22)29)18-9-3-1-4-10-18)27-25-15-17-8-7-13-20(14-17)30-19-11-5-2-6-12-19/h1-16,27H/b25-15+. The number of nitrogens with one attached hydrogen (secondary N) is 1. The molecule has 0 bridgehead atoms. The molecule has 7 heteroatoms. The maximum atomic E-state index is 12.5. The first-order valence-corrected chi connectivity index (χ1v) is 9.54. The molecule has 30 heavy (non-hydrogen) atoms. The first-order chi connectivity index (χ1) is 14.7. The average Bonchev–Trinajstić information content (AvgIpc) is 2.78. The monoisotopic (exact) mass is 416 g/mol. The number of halogens is 1. The Labute approximate surface area is 178 Å². The van der Waals surface area contributed by atoms with Gasteiger partial charge in [0.2, 0.25) is 0 Å². The van der Waals surface area contributed by atoms with Gasteiger partial charge in [0.15, 0.2) is 0 Å². The van der Waals surface area contributed by atoms with Crippen LogP contribution in [0.15, 0.2) is 101 Å². The quantitative estimate of drug-likeness (QED) is 0.349. The first kappa shape index (κ1) is 19.4. The molecule has 1 heterocycles. The average molecular weight is 417 g/mol. The van der Waals surface area contributed by atoms with Gasteiger partial charge in [0.05, 0.1) is 18.1 Å². The van der Waals surface area contributed by atoms with Gasteiger partial charge in [-0.05, 0) is 42.0 Å². The van der Waals surface area contributed by atoms with Gasteiger partial charge in [0.25, 0.3) is 5.56 Å². The Balaban J connectivity index is 1.48. The van der Waals surface area contributed by atoms with Crippen LogP contribution in [0, 0.1) is 0 Å². The summed E-state index contributed by atoms with van der Waals surface area (Å²) in [6, 6.07) is 26.1. The van der Waals surface area contributed by atoms with Gasteiger partial charge >= 0.3 is 0 Å². The Bertz CT molecular complexity index is 1220. The van der Waals surface area contributed by atoms with Gasteiger partial charge in [-0.15, -0.1) is 0 Å². The Morgan fingerprint density at radius 2 is 1.63 bits per heavy atom. The van der Waals surface area contributed by atoms with Crippen molar-refractivity contribution < 1.29 is 4.74 Å². The molecule has 1 N–H and O–H groups in total. The number of anilines is 1. The Morgan fingerprint density at radius 1 is 0.933 bits per heavy atom. The molecule has 0 radical (unpaired) electrons. The zero-order valence-electron chi connectivity index (χ0n) is 15.8. The molecule has 148 valence electrons. The van der Waals surface area contributed by atoms with Crippen LogP contribution in [-0.4, -0.2) is 16.0 Å². The normalized spacial score (nSPS) is 10.8. The predicted octanol–water partition coefficient (Wildman–Crippen LogP) is 5.12. The van der Waals surface area contributed by atoms with Gasteiger partial charge in [0.1, 0.15) is 22.2 Å². The van der Waals surface area contributed by atoms with Crippen molar-refractivity contribution >= 4 is 23.5 Å². The fourth-order valence-corrected chi connectivity index (χ4v) is 2.89. The molecule has 0 aliphatic carbocycles. The molecule has 1 aromatic heterocycles. The Morgan fingerprint density at radius 3 is 2.40 bits per heavy atom. The molecule has 0 saturated carbocycles. The van der Waals surface area contributed by atoms with Gasteiger partial charge in [-0.3, -0.25) is 10.2 Å². The number of ether oxygens (including phenoxy) is 1.